The van der Waals surface area contributed by atoms with Gasteiger partial charge in [-0.3, -0.25) is 0 Å². The summed E-state index contributed by atoms with van der Waals surface area (Å²) in [7, 11) is 0. The summed E-state index contributed by atoms with van der Waals surface area (Å²) < 4.78 is 0. The number of fused-ring (bicyclic) bond motifs is 1. The van der Waals surface area contributed by atoms with Gasteiger partial charge in [-0.25, -0.2) is 0 Å². The van der Waals surface area contributed by atoms with E-state index in [4.69, 9.17) is 11.5 Å². The molecule has 1 unspecified atom stereocenters. The number of hydrogen-bond donors (Lipinski definition) is 3. The Hall–Kier alpha value is -0.480. The van der Waals surface area contributed by atoms with Crippen molar-refractivity contribution in [2.45, 2.75) is 25.3 Å². The SMILES string of the molecule is Cl.Cl.NCc1ccc2c(c1O)C(CN)CC2. The minimum atomic E-state index is 0. The highest BCUT2D eigenvalue weighted by Crippen LogP contribution is 2.40. The van der Waals surface area contributed by atoms with Crippen LogP contribution in [0.25, 0.3) is 0 Å². The van der Waals surface area contributed by atoms with Crippen molar-refractivity contribution in [3.63, 3.8) is 0 Å². The molecule has 0 bridgehead atoms. The monoisotopic (exact) mass is 264 g/mol. The number of nitrogens with two attached hydrogens (primary N) is 2. The second-order valence-corrected chi connectivity index (χ2v) is 3.82. The van der Waals surface area contributed by atoms with Crippen LogP contribution >= 0.6 is 24.8 Å². The van der Waals surface area contributed by atoms with Crippen LogP contribution in [0.3, 0.4) is 0 Å². The number of benzene rings is 1. The molecule has 1 atom stereocenters. The van der Waals surface area contributed by atoms with Crippen LogP contribution in [-0.2, 0) is 13.0 Å². The van der Waals surface area contributed by atoms with E-state index in [1.165, 1.54) is 5.56 Å². The lowest BCUT2D eigenvalue weighted by molar-refractivity contribution is 0.456. The van der Waals surface area contributed by atoms with Gasteiger partial charge in [0.05, 0.1) is 0 Å². The first-order valence-electron chi connectivity index (χ1n) is 5.01. The number of phenols is 1. The predicted octanol–water partition coefficient (Wildman–Crippen LogP) is 1.68. The van der Waals surface area contributed by atoms with Gasteiger partial charge in [0.1, 0.15) is 5.75 Å². The average Bonchev–Trinajstić information content (AvgIpc) is 2.62. The zero-order valence-electron chi connectivity index (χ0n) is 8.98. The summed E-state index contributed by atoms with van der Waals surface area (Å²) in [4.78, 5) is 0. The molecule has 1 aromatic carbocycles. The van der Waals surface area contributed by atoms with Crippen LogP contribution in [0.2, 0.25) is 0 Å². The van der Waals surface area contributed by atoms with E-state index in [1.807, 2.05) is 6.07 Å². The molecule has 5 heteroatoms. The molecule has 1 aromatic rings. The van der Waals surface area contributed by atoms with Gasteiger partial charge in [0.2, 0.25) is 0 Å². The molecule has 92 valence electrons. The van der Waals surface area contributed by atoms with E-state index in [0.29, 0.717) is 24.8 Å². The van der Waals surface area contributed by atoms with Gasteiger partial charge in [-0.2, -0.15) is 0 Å². The molecule has 0 saturated carbocycles. The smallest absolute Gasteiger partial charge is 0.123 e. The molecule has 16 heavy (non-hydrogen) atoms. The third-order valence-corrected chi connectivity index (χ3v) is 3.07. The highest BCUT2D eigenvalue weighted by Gasteiger charge is 2.25. The fraction of sp³-hybridized carbons (Fsp3) is 0.455. The third-order valence-electron chi connectivity index (χ3n) is 3.07. The lowest BCUT2D eigenvalue weighted by Crippen LogP contribution is -2.10. The predicted molar refractivity (Wildman–Crippen MR) is 70.6 cm³/mol. The minimum Gasteiger partial charge on any atom is -0.507 e. The molecule has 0 heterocycles. The van der Waals surface area contributed by atoms with Crippen LogP contribution in [-0.4, -0.2) is 11.7 Å². The summed E-state index contributed by atoms with van der Waals surface area (Å²) >= 11 is 0. The first kappa shape index (κ1) is 15.5. The van der Waals surface area contributed by atoms with Gasteiger partial charge in [0, 0.05) is 23.6 Å². The van der Waals surface area contributed by atoms with E-state index in [-0.39, 0.29) is 24.8 Å². The topological polar surface area (TPSA) is 72.3 Å². The molecule has 2 rings (SSSR count). The highest BCUT2D eigenvalue weighted by molar-refractivity contribution is 5.85. The summed E-state index contributed by atoms with van der Waals surface area (Å²) in [6, 6.07) is 3.97. The van der Waals surface area contributed by atoms with Crippen molar-refractivity contribution >= 4 is 24.8 Å². The Labute approximate surface area is 108 Å². The lowest BCUT2D eigenvalue weighted by atomic mass is 9.97. The molecule has 1 aliphatic rings. The molecule has 5 N–H and O–H groups in total. The third kappa shape index (κ3) is 2.43. The molecule has 0 aliphatic heterocycles. The van der Waals surface area contributed by atoms with E-state index in [9.17, 15) is 5.11 Å². The van der Waals surface area contributed by atoms with Crippen molar-refractivity contribution in [1.82, 2.24) is 0 Å². The molecule has 3 nitrogen and oxygen atoms in total. The lowest BCUT2D eigenvalue weighted by Gasteiger charge is -2.12. The van der Waals surface area contributed by atoms with Crippen molar-refractivity contribution in [1.29, 1.82) is 0 Å². The Morgan fingerprint density at radius 2 is 1.94 bits per heavy atom. The maximum Gasteiger partial charge on any atom is 0.123 e. The average molecular weight is 265 g/mol. The van der Waals surface area contributed by atoms with Crippen molar-refractivity contribution in [2.75, 3.05) is 6.54 Å². The Bertz CT molecular complexity index is 358. The van der Waals surface area contributed by atoms with Crippen LogP contribution < -0.4 is 11.5 Å². The molecular formula is C11H18Cl2N2O. The summed E-state index contributed by atoms with van der Waals surface area (Å²) in [6.07, 6.45) is 2.07. The number of halogens is 2. The Balaban J connectivity index is 0.00000112. The molecule has 1 aliphatic carbocycles. The van der Waals surface area contributed by atoms with E-state index < -0.39 is 0 Å². The van der Waals surface area contributed by atoms with E-state index in [0.717, 1.165) is 24.0 Å². The van der Waals surface area contributed by atoms with Crippen molar-refractivity contribution in [2.24, 2.45) is 11.5 Å². The Kier molecular flexibility index (Phi) is 6.11. The number of rotatable bonds is 2. The highest BCUT2D eigenvalue weighted by atomic mass is 35.5. The summed E-state index contributed by atoms with van der Waals surface area (Å²) in [6.45, 7) is 0.991. The minimum absolute atomic E-state index is 0. The quantitative estimate of drug-likeness (QED) is 0.761. The molecule has 0 spiro atoms. The van der Waals surface area contributed by atoms with Gasteiger partial charge in [-0.05, 0) is 24.9 Å². The second kappa shape index (κ2) is 6.30. The molecule has 0 fully saturated rings. The van der Waals surface area contributed by atoms with Crippen LogP contribution in [0.1, 0.15) is 29.0 Å². The van der Waals surface area contributed by atoms with E-state index >= 15 is 0 Å². The standard InChI is InChI=1S/C11H16N2O.2ClH/c12-5-8-3-1-7-2-4-9(6-13)11(14)10(7)8;;/h2,4,8,14H,1,3,5-6,12-13H2;2*1H. The Morgan fingerprint density at radius 3 is 2.50 bits per heavy atom. The van der Waals surface area contributed by atoms with Gasteiger partial charge < -0.3 is 16.6 Å². The normalized spacial score (nSPS) is 17.2. The van der Waals surface area contributed by atoms with Crippen molar-refractivity contribution in [3.05, 3.63) is 28.8 Å². The first-order valence-corrected chi connectivity index (χ1v) is 5.01. The number of aryl methyl sites for hydroxylation is 1. The zero-order valence-corrected chi connectivity index (χ0v) is 10.6. The first-order chi connectivity index (χ1) is 6.77. The molecular weight excluding hydrogens is 247 g/mol. The van der Waals surface area contributed by atoms with Crippen molar-refractivity contribution < 1.29 is 5.11 Å². The fourth-order valence-electron chi connectivity index (χ4n) is 2.24. The van der Waals surface area contributed by atoms with Crippen LogP contribution in [0, 0.1) is 0 Å². The van der Waals surface area contributed by atoms with Gasteiger partial charge in [-0.1, -0.05) is 12.1 Å². The van der Waals surface area contributed by atoms with Crippen LogP contribution in [0.5, 0.6) is 5.75 Å². The summed E-state index contributed by atoms with van der Waals surface area (Å²) in [5.74, 6) is 0.689. The number of aromatic hydroxyl groups is 1. The second-order valence-electron chi connectivity index (χ2n) is 3.82. The van der Waals surface area contributed by atoms with Crippen molar-refractivity contribution in [3.8, 4) is 5.75 Å². The summed E-state index contributed by atoms with van der Waals surface area (Å²) in [5.41, 5.74) is 14.3. The van der Waals surface area contributed by atoms with Gasteiger partial charge in [0.25, 0.3) is 0 Å². The zero-order chi connectivity index (χ0) is 10.1. The maximum absolute atomic E-state index is 9.98. The Morgan fingerprint density at radius 1 is 1.25 bits per heavy atom. The van der Waals surface area contributed by atoms with E-state index in [1.54, 1.807) is 0 Å². The molecule has 0 aromatic heterocycles. The molecule has 0 saturated heterocycles. The van der Waals surface area contributed by atoms with Crippen LogP contribution in [0.15, 0.2) is 12.1 Å². The van der Waals surface area contributed by atoms with Gasteiger partial charge >= 0.3 is 0 Å². The van der Waals surface area contributed by atoms with Gasteiger partial charge in [-0.15, -0.1) is 24.8 Å². The number of phenolic OH excluding ortho intramolecular Hbond substituents is 1. The van der Waals surface area contributed by atoms with E-state index in [2.05, 4.69) is 6.07 Å². The molecule has 0 amide bonds. The van der Waals surface area contributed by atoms with Crippen LogP contribution in [0.4, 0.5) is 0 Å². The maximum atomic E-state index is 9.98. The number of hydrogen-bond acceptors (Lipinski definition) is 3. The molecule has 0 radical (unpaired) electrons. The summed E-state index contributed by atoms with van der Waals surface area (Å²) in [5, 5.41) is 9.98. The largest absolute Gasteiger partial charge is 0.507 e. The fourth-order valence-corrected chi connectivity index (χ4v) is 2.24. The van der Waals surface area contributed by atoms with Gasteiger partial charge in [0.15, 0.2) is 0 Å².